The molecule has 8 N–H and O–H groups in total. The minimum Gasteiger partial charge on any atom is -0.326 e. The number of nitrogens with two attached hydrogens (primary N) is 4. The Balaban J connectivity index is 3.36. The molecule has 0 saturated carbocycles. The van der Waals surface area contributed by atoms with Crippen LogP contribution >= 0.6 is 0 Å². The number of hydrogen-bond donors (Lipinski definition) is 4. The summed E-state index contributed by atoms with van der Waals surface area (Å²) in [7, 11) is 0. The van der Waals surface area contributed by atoms with Crippen molar-refractivity contribution in [1.29, 1.82) is 0 Å². The van der Waals surface area contributed by atoms with Crippen LogP contribution in [-0.4, -0.2) is 18.2 Å². The number of hydrogen-bond acceptors (Lipinski definition) is 4. The molecule has 0 bridgehead atoms. The molecule has 0 spiro atoms. The first-order valence-electron chi connectivity index (χ1n) is 9.60. The molecule has 0 aromatic heterocycles. The quantitative estimate of drug-likeness (QED) is 0.259. The zero-order chi connectivity index (χ0) is 16.6. The molecular weight excluding hydrogens is 272 g/mol. The molecule has 134 valence electrons. The second-order valence-electron chi connectivity index (χ2n) is 6.89. The highest BCUT2D eigenvalue weighted by Gasteiger charge is 2.12. The van der Waals surface area contributed by atoms with Crippen LogP contribution in [0.3, 0.4) is 0 Å². The van der Waals surface area contributed by atoms with Gasteiger partial charge in [-0.3, -0.25) is 0 Å². The van der Waals surface area contributed by atoms with E-state index in [1.807, 2.05) is 0 Å². The molecule has 2 atom stereocenters. The molecule has 0 aliphatic carbocycles. The summed E-state index contributed by atoms with van der Waals surface area (Å²) < 4.78 is 0. The number of unbranched alkanes of at least 4 members (excludes halogenated alkanes) is 9. The molecule has 0 aromatic rings. The van der Waals surface area contributed by atoms with E-state index < -0.39 is 0 Å². The largest absolute Gasteiger partial charge is 0.326 e. The Morgan fingerprint density at radius 3 is 1.27 bits per heavy atom. The summed E-state index contributed by atoms with van der Waals surface area (Å²) >= 11 is 0. The fraction of sp³-hybridized carbons (Fsp3) is 1.00. The highest BCUT2D eigenvalue weighted by Crippen LogP contribution is 2.13. The van der Waals surface area contributed by atoms with E-state index in [9.17, 15) is 0 Å². The third-order valence-corrected chi connectivity index (χ3v) is 4.52. The molecule has 4 nitrogen and oxygen atoms in total. The zero-order valence-electron chi connectivity index (χ0n) is 14.9. The van der Waals surface area contributed by atoms with Crippen molar-refractivity contribution in [2.24, 2.45) is 22.9 Å². The predicted octanol–water partition coefficient (Wildman–Crippen LogP) is 3.37. The summed E-state index contributed by atoms with van der Waals surface area (Å²) in [5.41, 5.74) is 23.5. The molecule has 4 heteroatoms. The second kappa shape index (κ2) is 15.7. The van der Waals surface area contributed by atoms with Gasteiger partial charge in [-0.05, 0) is 19.3 Å². The maximum atomic E-state index is 6.20. The Morgan fingerprint density at radius 1 is 0.500 bits per heavy atom. The molecule has 0 heterocycles. The van der Waals surface area contributed by atoms with Gasteiger partial charge in [-0.25, -0.2) is 0 Å². The standard InChI is InChI=1S/C18H42N4/c1-2-3-4-5-7-10-13-16(19)17(20)14-11-8-6-9-12-15-18(21)22/h16-18H,2-15,19-22H2,1H3. The van der Waals surface area contributed by atoms with Crippen molar-refractivity contribution in [2.45, 2.75) is 115 Å². The predicted molar refractivity (Wildman–Crippen MR) is 98.4 cm³/mol. The molecule has 2 unspecified atom stereocenters. The Hall–Kier alpha value is -0.160. The van der Waals surface area contributed by atoms with Gasteiger partial charge in [0.2, 0.25) is 0 Å². The lowest BCUT2D eigenvalue weighted by Crippen LogP contribution is -2.41. The molecule has 0 rings (SSSR count). The minimum atomic E-state index is -0.145. The van der Waals surface area contributed by atoms with Gasteiger partial charge in [0, 0.05) is 12.1 Å². The summed E-state index contributed by atoms with van der Waals surface area (Å²) in [6.45, 7) is 2.25. The average molecular weight is 315 g/mol. The van der Waals surface area contributed by atoms with Crippen LogP contribution in [0.25, 0.3) is 0 Å². The normalized spacial score (nSPS) is 14.5. The van der Waals surface area contributed by atoms with Crippen molar-refractivity contribution in [3.8, 4) is 0 Å². The fourth-order valence-corrected chi connectivity index (χ4v) is 2.88. The van der Waals surface area contributed by atoms with Gasteiger partial charge >= 0.3 is 0 Å². The molecule has 0 aromatic carbocycles. The first-order chi connectivity index (χ1) is 10.6. The third kappa shape index (κ3) is 14.8. The lowest BCUT2D eigenvalue weighted by atomic mass is 9.97. The van der Waals surface area contributed by atoms with Crippen LogP contribution in [0.4, 0.5) is 0 Å². The van der Waals surface area contributed by atoms with Gasteiger partial charge in [-0.15, -0.1) is 0 Å². The second-order valence-corrected chi connectivity index (χ2v) is 6.89. The van der Waals surface area contributed by atoms with Crippen molar-refractivity contribution in [2.75, 3.05) is 0 Å². The van der Waals surface area contributed by atoms with Gasteiger partial charge in [0.25, 0.3) is 0 Å². The van der Waals surface area contributed by atoms with E-state index >= 15 is 0 Å². The topological polar surface area (TPSA) is 104 Å². The van der Waals surface area contributed by atoms with Crippen LogP contribution in [0.2, 0.25) is 0 Å². The zero-order valence-corrected chi connectivity index (χ0v) is 14.9. The van der Waals surface area contributed by atoms with E-state index in [2.05, 4.69) is 6.92 Å². The van der Waals surface area contributed by atoms with Crippen LogP contribution in [0.5, 0.6) is 0 Å². The molecule has 0 fully saturated rings. The molecule has 22 heavy (non-hydrogen) atoms. The van der Waals surface area contributed by atoms with Crippen LogP contribution in [0.1, 0.15) is 96.8 Å². The third-order valence-electron chi connectivity index (χ3n) is 4.52. The van der Waals surface area contributed by atoms with Gasteiger partial charge in [0.15, 0.2) is 0 Å². The molecule has 0 radical (unpaired) electrons. The van der Waals surface area contributed by atoms with E-state index in [0.717, 1.165) is 25.7 Å². The van der Waals surface area contributed by atoms with Gasteiger partial charge < -0.3 is 22.9 Å². The van der Waals surface area contributed by atoms with Crippen molar-refractivity contribution < 1.29 is 0 Å². The first kappa shape index (κ1) is 21.8. The van der Waals surface area contributed by atoms with E-state index in [1.165, 1.54) is 64.2 Å². The molecular formula is C18H42N4. The highest BCUT2D eigenvalue weighted by atomic mass is 14.8. The van der Waals surface area contributed by atoms with E-state index in [4.69, 9.17) is 22.9 Å². The van der Waals surface area contributed by atoms with Crippen molar-refractivity contribution in [1.82, 2.24) is 0 Å². The summed E-state index contributed by atoms with van der Waals surface area (Å²) in [6, 6.07) is 0.356. The van der Waals surface area contributed by atoms with Crippen molar-refractivity contribution in [3.63, 3.8) is 0 Å². The van der Waals surface area contributed by atoms with E-state index in [1.54, 1.807) is 0 Å². The van der Waals surface area contributed by atoms with Gasteiger partial charge in [0.1, 0.15) is 0 Å². The van der Waals surface area contributed by atoms with Gasteiger partial charge in [-0.2, -0.15) is 0 Å². The lowest BCUT2D eigenvalue weighted by Gasteiger charge is -2.19. The first-order valence-corrected chi connectivity index (χ1v) is 9.60. The minimum absolute atomic E-state index is 0.145. The van der Waals surface area contributed by atoms with Gasteiger partial charge in [0.05, 0.1) is 6.17 Å². The molecule has 0 saturated heterocycles. The summed E-state index contributed by atoms with van der Waals surface area (Å²) in [6.07, 6.45) is 16.9. The van der Waals surface area contributed by atoms with E-state index in [-0.39, 0.29) is 18.2 Å². The Kier molecular flexibility index (Phi) is 15.6. The van der Waals surface area contributed by atoms with Crippen LogP contribution < -0.4 is 22.9 Å². The maximum absolute atomic E-state index is 6.20. The highest BCUT2D eigenvalue weighted by molar-refractivity contribution is 4.75. The smallest absolute Gasteiger partial charge is 0.0520 e. The average Bonchev–Trinajstić information content (AvgIpc) is 2.49. The molecule has 0 aliphatic rings. The monoisotopic (exact) mass is 314 g/mol. The van der Waals surface area contributed by atoms with Crippen LogP contribution in [-0.2, 0) is 0 Å². The summed E-state index contributed by atoms with van der Waals surface area (Å²) in [4.78, 5) is 0. The maximum Gasteiger partial charge on any atom is 0.0520 e. The Morgan fingerprint density at radius 2 is 0.864 bits per heavy atom. The lowest BCUT2D eigenvalue weighted by molar-refractivity contribution is 0.428. The fourth-order valence-electron chi connectivity index (χ4n) is 2.88. The summed E-state index contributed by atoms with van der Waals surface area (Å²) in [5, 5.41) is 0. The van der Waals surface area contributed by atoms with Crippen molar-refractivity contribution >= 4 is 0 Å². The van der Waals surface area contributed by atoms with E-state index in [0.29, 0.717) is 0 Å². The van der Waals surface area contributed by atoms with Gasteiger partial charge in [-0.1, -0.05) is 77.6 Å². The van der Waals surface area contributed by atoms with Crippen molar-refractivity contribution in [3.05, 3.63) is 0 Å². The summed E-state index contributed by atoms with van der Waals surface area (Å²) in [5.74, 6) is 0. The van der Waals surface area contributed by atoms with Crippen LogP contribution in [0.15, 0.2) is 0 Å². The Bertz CT molecular complexity index is 221. The molecule has 0 aliphatic heterocycles. The van der Waals surface area contributed by atoms with Crippen LogP contribution in [0, 0.1) is 0 Å². The number of rotatable bonds is 16. The SMILES string of the molecule is CCCCCCCCC(N)C(N)CCCCCCCC(N)N. The Labute approximate surface area is 138 Å². The molecule has 0 amide bonds.